The lowest BCUT2D eigenvalue weighted by Crippen LogP contribution is -2.31. The zero-order valence-corrected chi connectivity index (χ0v) is 13.7. The number of rotatable bonds is 7. The van der Waals surface area contributed by atoms with Crippen molar-refractivity contribution in [3.05, 3.63) is 35.7 Å². The van der Waals surface area contributed by atoms with Gasteiger partial charge in [-0.05, 0) is 31.9 Å². The van der Waals surface area contributed by atoms with Gasteiger partial charge in [0.15, 0.2) is 0 Å². The molecule has 1 fully saturated rings. The molecule has 24 heavy (non-hydrogen) atoms. The van der Waals surface area contributed by atoms with E-state index in [1.807, 2.05) is 25.1 Å². The lowest BCUT2D eigenvalue weighted by Gasteiger charge is -2.15. The van der Waals surface area contributed by atoms with Gasteiger partial charge < -0.3 is 15.5 Å². The number of pyridine rings is 1. The molecule has 1 aromatic heterocycles. The van der Waals surface area contributed by atoms with E-state index in [4.69, 9.17) is 5.26 Å². The van der Waals surface area contributed by atoms with Crippen LogP contribution >= 0.6 is 0 Å². The van der Waals surface area contributed by atoms with Crippen LogP contribution in [0.5, 0.6) is 0 Å². The minimum atomic E-state index is -0.439. The number of hydrogen-bond acceptors (Lipinski definition) is 5. The van der Waals surface area contributed by atoms with E-state index in [0.717, 1.165) is 18.7 Å². The lowest BCUT2D eigenvalue weighted by molar-refractivity contribution is -0.127. The summed E-state index contributed by atoms with van der Waals surface area (Å²) >= 11 is 0. The first kappa shape index (κ1) is 17.5. The Morgan fingerprint density at radius 3 is 3.00 bits per heavy atom. The summed E-state index contributed by atoms with van der Waals surface area (Å²) in [5, 5.41) is 14.6. The van der Waals surface area contributed by atoms with E-state index in [9.17, 15) is 9.59 Å². The first-order valence-electron chi connectivity index (χ1n) is 7.96. The van der Waals surface area contributed by atoms with Crippen LogP contribution in [0.3, 0.4) is 0 Å². The summed E-state index contributed by atoms with van der Waals surface area (Å²) in [5.41, 5.74) is 0.823. The minimum Gasteiger partial charge on any atom is -0.351 e. The van der Waals surface area contributed by atoms with E-state index in [1.165, 1.54) is 6.20 Å². The molecule has 2 heterocycles. The van der Waals surface area contributed by atoms with Gasteiger partial charge in [-0.25, -0.2) is 4.98 Å². The highest BCUT2D eigenvalue weighted by Crippen LogP contribution is 2.09. The quantitative estimate of drug-likeness (QED) is 0.447. The Balaban J connectivity index is 1.77. The topological polar surface area (TPSA) is 98.1 Å². The molecule has 0 aromatic carbocycles. The first-order valence-corrected chi connectivity index (χ1v) is 7.96. The molecule has 2 N–H and O–H groups in total. The van der Waals surface area contributed by atoms with Crippen LogP contribution < -0.4 is 10.6 Å². The number of amides is 2. The maximum absolute atomic E-state index is 12.0. The molecule has 0 saturated carbocycles. The van der Waals surface area contributed by atoms with Crippen molar-refractivity contribution in [2.24, 2.45) is 0 Å². The van der Waals surface area contributed by atoms with Crippen LogP contribution in [0.1, 0.15) is 25.0 Å². The molecule has 7 heteroatoms. The Kier molecular flexibility index (Phi) is 6.32. The second kappa shape index (κ2) is 8.67. The number of hydrogen-bond donors (Lipinski definition) is 2. The van der Waals surface area contributed by atoms with Gasteiger partial charge in [0.25, 0.3) is 5.91 Å². The lowest BCUT2D eigenvalue weighted by atomic mass is 10.3. The van der Waals surface area contributed by atoms with Crippen molar-refractivity contribution in [3.8, 4) is 6.07 Å². The van der Waals surface area contributed by atoms with Gasteiger partial charge in [-0.15, -0.1) is 0 Å². The van der Waals surface area contributed by atoms with Crippen molar-refractivity contribution < 1.29 is 9.59 Å². The number of nitriles is 1. The van der Waals surface area contributed by atoms with Crippen LogP contribution in [0.2, 0.25) is 0 Å². The summed E-state index contributed by atoms with van der Waals surface area (Å²) in [6.07, 6.45) is 3.54. The fourth-order valence-corrected chi connectivity index (χ4v) is 2.43. The monoisotopic (exact) mass is 327 g/mol. The molecule has 0 unspecified atom stereocenters. The molecule has 7 nitrogen and oxygen atoms in total. The van der Waals surface area contributed by atoms with Crippen molar-refractivity contribution in [2.45, 2.75) is 26.2 Å². The maximum Gasteiger partial charge on any atom is 0.263 e. The molecule has 0 spiro atoms. The second-order valence-electron chi connectivity index (χ2n) is 5.57. The Morgan fingerprint density at radius 1 is 1.50 bits per heavy atom. The second-order valence-corrected chi connectivity index (χ2v) is 5.57. The van der Waals surface area contributed by atoms with Crippen molar-refractivity contribution >= 4 is 17.6 Å². The molecule has 0 radical (unpaired) electrons. The Hall–Kier alpha value is -2.88. The summed E-state index contributed by atoms with van der Waals surface area (Å²) < 4.78 is 0. The molecule has 2 amide bonds. The summed E-state index contributed by atoms with van der Waals surface area (Å²) in [6.45, 7) is 3.71. The molecular weight excluding hydrogens is 306 g/mol. The van der Waals surface area contributed by atoms with Crippen LogP contribution in [0, 0.1) is 18.3 Å². The zero-order valence-electron chi connectivity index (χ0n) is 13.7. The fraction of sp³-hybridized carbons (Fsp3) is 0.412. The normalized spacial score (nSPS) is 14.4. The molecule has 2 rings (SSSR count). The predicted molar refractivity (Wildman–Crippen MR) is 89.7 cm³/mol. The third-order valence-corrected chi connectivity index (χ3v) is 3.68. The van der Waals surface area contributed by atoms with E-state index in [0.29, 0.717) is 31.7 Å². The van der Waals surface area contributed by atoms with Crippen LogP contribution in [0.15, 0.2) is 30.0 Å². The molecule has 0 aliphatic carbocycles. The molecule has 126 valence electrons. The van der Waals surface area contributed by atoms with E-state index in [-0.39, 0.29) is 11.5 Å². The number of likely N-dealkylation sites (tertiary alicyclic amines) is 1. The molecule has 0 atom stereocenters. The highest BCUT2D eigenvalue weighted by Gasteiger charge is 2.19. The van der Waals surface area contributed by atoms with Crippen LogP contribution in [-0.4, -0.2) is 41.3 Å². The number of anilines is 1. The summed E-state index contributed by atoms with van der Waals surface area (Å²) in [7, 11) is 0. The Morgan fingerprint density at radius 2 is 2.33 bits per heavy atom. The van der Waals surface area contributed by atoms with Crippen molar-refractivity contribution in [1.82, 2.24) is 15.2 Å². The van der Waals surface area contributed by atoms with Crippen LogP contribution in [0.4, 0.5) is 5.82 Å². The zero-order chi connectivity index (χ0) is 17.4. The van der Waals surface area contributed by atoms with Crippen LogP contribution in [-0.2, 0) is 9.59 Å². The highest BCUT2D eigenvalue weighted by atomic mass is 16.2. The first-order chi connectivity index (χ1) is 11.6. The van der Waals surface area contributed by atoms with Gasteiger partial charge in [0.1, 0.15) is 17.5 Å². The minimum absolute atomic E-state index is 0.0180. The van der Waals surface area contributed by atoms with Gasteiger partial charge in [-0.3, -0.25) is 9.59 Å². The third kappa shape index (κ3) is 5.09. The van der Waals surface area contributed by atoms with E-state index in [2.05, 4.69) is 15.6 Å². The standard InChI is InChI=1S/C17H21N5O2/c1-13-5-2-6-15(21-13)20-12-14(11-18)17(24)19-8-4-10-22-9-3-7-16(22)23/h2,5-6,12H,3-4,7-10H2,1H3,(H,19,24)(H,20,21)/b14-12-. The average molecular weight is 327 g/mol. The van der Waals surface area contributed by atoms with Crippen molar-refractivity contribution in [3.63, 3.8) is 0 Å². The number of aryl methyl sites for hydroxylation is 1. The van der Waals surface area contributed by atoms with Gasteiger partial charge in [-0.2, -0.15) is 5.26 Å². The summed E-state index contributed by atoms with van der Waals surface area (Å²) in [4.78, 5) is 29.5. The van der Waals surface area contributed by atoms with E-state index in [1.54, 1.807) is 11.0 Å². The molecule has 1 aliphatic rings. The smallest absolute Gasteiger partial charge is 0.263 e. The van der Waals surface area contributed by atoms with Gasteiger partial charge in [-0.1, -0.05) is 6.07 Å². The highest BCUT2D eigenvalue weighted by molar-refractivity contribution is 5.97. The molecule has 0 bridgehead atoms. The number of carbonyl (C=O) groups excluding carboxylic acids is 2. The summed E-state index contributed by atoms with van der Waals surface area (Å²) in [6, 6.07) is 7.32. The average Bonchev–Trinajstić information content (AvgIpc) is 2.97. The fourth-order valence-electron chi connectivity index (χ4n) is 2.43. The maximum atomic E-state index is 12.0. The Bertz CT molecular complexity index is 678. The number of aromatic nitrogens is 1. The third-order valence-electron chi connectivity index (χ3n) is 3.68. The SMILES string of the molecule is Cc1cccc(N/C=C(/C#N)C(=O)NCCCN2CCCC2=O)n1. The predicted octanol–water partition coefficient (Wildman–Crippen LogP) is 1.34. The van der Waals surface area contributed by atoms with Crippen molar-refractivity contribution in [2.75, 3.05) is 25.0 Å². The van der Waals surface area contributed by atoms with Gasteiger partial charge in [0, 0.05) is 37.9 Å². The summed E-state index contributed by atoms with van der Waals surface area (Å²) in [5.74, 6) is 0.308. The molecular formula is C17H21N5O2. The van der Waals surface area contributed by atoms with Crippen LogP contribution in [0.25, 0.3) is 0 Å². The molecule has 1 saturated heterocycles. The molecule has 1 aliphatic heterocycles. The number of carbonyl (C=O) groups is 2. The van der Waals surface area contributed by atoms with Gasteiger partial charge in [0.05, 0.1) is 0 Å². The van der Waals surface area contributed by atoms with E-state index < -0.39 is 5.91 Å². The largest absolute Gasteiger partial charge is 0.351 e. The van der Waals surface area contributed by atoms with Gasteiger partial charge >= 0.3 is 0 Å². The Labute approximate surface area is 141 Å². The van der Waals surface area contributed by atoms with Crippen molar-refractivity contribution in [1.29, 1.82) is 5.26 Å². The number of nitrogens with one attached hydrogen (secondary N) is 2. The molecule has 1 aromatic rings. The number of nitrogens with zero attached hydrogens (tertiary/aromatic N) is 3. The van der Waals surface area contributed by atoms with E-state index >= 15 is 0 Å². The van der Waals surface area contributed by atoms with Gasteiger partial charge in [0.2, 0.25) is 5.91 Å².